The predicted molar refractivity (Wildman–Crippen MR) is 139 cm³/mol. The molecule has 178 valence electrons. The van der Waals surface area contributed by atoms with E-state index in [4.69, 9.17) is 11.6 Å². The summed E-state index contributed by atoms with van der Waals surface area (Å²) in [5.74, 6) is -0.450. The number of nitrogens with zero attached hydrogens (tertiary/aromatic N) is 2. The zero-order valence-electron chi connectivity index (χ0n) is 18.8. The summed E-state index contributed by atoms with van der Waals surface area (Å²) in [5, 5.41) is 3.12. The van der Waals surface area contributed by atoms with E-state index in [2.05, 4.69) is 21.2 Å². The van der Waals surface area contributed by atoms with E-state index in [0.717, 1.165) is 22.2 Å². The molecule has 2 unspecified atom stereocenters. The maximum atomic E-state index is 13.8. The van der Waals surface area contributed by atoms with Gasteiger partial charge in [-0.2, -0.15) is 0 Å². The molecule has 2 amide bonds. The number of hydrogen-bond donors (Lipinski definition) is 1. The Kier molecular flexibility index (Phi) is 6.62. The normalized spacial score (nSPS) is 19.1. The topological polar surface area (TPSA) is 71.4 Å². The van der Waals surface area contributed by atoms with Crippen LogP contribution in [0.25, 0.3) is 6.08 Å². The Hall–Kier alpha value is -3.16. The van der Waals surface area contributed by atoms with E-state index < -0.39 is 5.91 Å². The summed E-state index contributed by atoms with van der Waals surface area (Å²) in [7, 11) is 0. The van der Waals surface area contributed by atoms with Gasteiger partial charge in [0.05, 0.1) is 10.6 Å². The molecule has 8 heteroatoms. The van der Waals surface area contributed by atoms with Gasteiger partial charge in [-0.3, -0.25) is 14.4 Å². The van der Waals surface area contributed by atoms with E-state index in [1.54, 1.807) is 47.4 Å². The Balaban J connectivity index is 1.46. The quantitative estimate of drug-likeness (QED) is 0.478. The van der Waals surface area contributed by atoms with Gasteiger partial charge < -0.3 is 14.8 Å². The molecule has 0 aliphatic carbocycles. The van der Waals surface area contributed by atoms with E-state index in [1.807, 2.05) is 34.9 Å². The Labute approximate surface area is 216 Å². The third kappa shape index (κ3) is 4.97. The van der Waals surface area contributed by atoms with E-state index >= 15 is 0 Å². The van der Waals surface area contributed by atoms with Gasteiger partial charge in [0.2, 0.25) is 0 Å². The first-order valence-electron chi connectivity index (χ1n) is 11.4. The third-order valence-electron chi connectivity index (χ3n) is 6.52. The molecule has 1 aromatic heterocycles. The van der Waals surface area contributed by atoms with E-state index in [-0.39, 0.29) is 29.0 Å². The van der Waals surface area contributed by atoms with E-state index in [9.17, 15) is 14.4 Å². The predicted octanol–water partition coefficient (Wildman–Crippen LogP) is 4.68. The first-order chi connectivity index (χ1) is 16.9. The fourth-order valence-corrected chi connectivity index (χ4v) is 5.62. The summed E-state index contributed by atoms with van der Waals surface area (Å²) < 4.78 is 2.70. The molecule has 6 nitrogen and oxygen atoms in total. The number of pyridine rings is 1. The van der Waals surface area contributed by atoms with Crippen LogP contribution in [-0.2, 0) is 11.3 Å². The number of amides is 2. The van der Waals surface area contributed by atoms with Crippen LogP contribution in [0.5, 0.6) is 0 Å². The third-order valence-corrected chi connectivity index (χ3v) is 7.35. The fraction of sp³-hybridized carbons (Fsp3) is 0.222. The average molecular weight is 553 g/mol. The molecular weight excluding hydrogens is 530 g/mol. The van der Waals surface area contributed by atoms with Crippen molar-refractivity contribution in [2.45, 2.75) is 18.9 Å². The Bertz CT molecular complexity index is 1400. The van der Waals surface area contributed by atoms with Crippen molar-refractivity contribution in [2.24, 2.45) is 5.92 Å². The Morgan fingerprint density at radius 3 is 2.60 bits per heavy atom. The zero-order valence-corrected chi connectivity index (χ0v) is 21.1. The molecule has 2 atom stereocenters. The number of halogens is 2. The minimum Gasteiger partial charge on any atom is -0.336 e. The number of hydrogen-bond acceptors (Lipinski definition) is 3. The van der Waals surface area contributed by atoms with Crippen LogP contribution in [0.2, 0.25) is 5.02 Å². The highest BCUT2D eigenvalue weighted by molar-refractivity contribution is 9.10. The van der Waals surface area contributed by atoms with Crippen LogP contribution < -0.4 is 10.9 Å². The molecule has 0 saturated carbocycles. The Morgan fingerprint density at radius 2 is 1.80 bits per heavy atom. The van der Waals surface area contributed by atoms with Gasteiger partial charge in [-0.05, 0) is 54.3 Å². The maximum absolute atomic E-state index is 13.8. The van der Waals surface area contributed by atoms with Gasteiger partial charge in [0.1, 0.15) is 5.70 Å². The Morgan fingerprint density at radius 1 is 1.00 bits per heavy atom. The van der Waals surface area contributed by atoms with Crippen LogP contribution in [-0.4, -0.2) is 34.4 Å². The smallest absolute Gasteiger partial charge is 0.270 e. The summed E-state index contributed by atoms with van der Waals surface area (Å²) in [6, 6.07) is 19.6. The van der Waals surface area contributed by atoms with Crippen LogP contribution in [0.4, 0.5) is 0 Å². The van der Waals surface area contributed by atoms with Crippen molar-refractivity contribution in [3.8, 4) is 0 Å². The molecule has 0 radical (unpaired) electrons. The number of carbonyl (C=O) groups excluding carboxylic acids is 2. The van der Waals surface area contributed by atoms with Gasteiger partial charge in [-0.15, -0.1) is 0 Å². The molecule has 2 aliphatic rings. The van der Waals surface area contributed by atoms with Gasteiger partial charge >= 0.3 is 0 Å². The van der Waals surface area contributed by atoms with Crippen molar-refractivity contribution in [1.29, 1.82) is 0 Å². The highest BCUT2D eigenvalue weighted by Crippen LogP contribution is 2.35. The lowest BCUT2D eigenvalue weighted by Crippen LogP contribution is -2.50. The standard InChI is InChI=1S/C27H23BrClN3O3/c28-20-6-3-5-17(12-20)13-23(30-26(34)21-7-1-2-8-22(21)29)27(35)31-14-18-11-19(16-31)24-9-4-10-25(33)32(24)15-18/h1-10,12-13,18-19H,11,14-16H2,(H,30,34)/b23-13-. The number of rotatable bonds is 4. The minimum absolute atomic E-state index is 0.000723. The molecule has 5 rings (SSSR count). The summed E-state index contributed by atoms with van der Waals surface area (Å²) in [6.07, 6.45) is 2.62. The minimum atomic E-state index is -0.445. The second kappa shape index (κ2) is 9.84. The monoisotopic (exact) mass is 551 g/mol. The van der Waals surface area contributed by atoms with E-state index in [0.29, 0.717) is 30.2 Å². The number of carbonyl (C=O) groups is 2. The summed E-state index contributed by atoms with van der Waals surface area (Å²) in [6.45, 7) is 1.59. The molecule has 2 aromatic carbocycles. The fourth-order valence-electron chi connectivity index (χ4n) is 4.98. The van der Waals surface area contributed by atoms with Crippen LogP contribution in [0.1, 0.15) is 34.0 Å². The van der Waals surface area contributed by atoms with Crippen molar-refractivity contribution in [3.63, 3.8) is 0 Å². The SMILES string of the molecule is O=C(N/C(=C\c1cccc(Br)c1)C(=O)N1CC2CC(C1)c1cccc(=O)n1C2)c1ccccc1Cl. The lowest BCUT2D eigenvalue weighted by atomic mass is 9.83. The van der Waals surface area contributed by atoms with Crippen LogP contribution in [0.15, 0.2) is 81.7 Å². The molecule has 1 N–H and O–H groups in total. The van der Waals surface area contributed by atoms with Crippen molar-refractivity contribution < 1.29 is 9.59 Å². The van der Waals surface area contributed by atoms with E-state index in [1.165, 1.54) is 0 Å². The molecule has 3 aromatic rings. The first kappa shape index (κ1) is 23.6. The maximum Gasteiger partial charge on any atom is 0.270 e. The molecule has 1 fully saturated rings. The highest BCUT2D eigenvalue weighted by atomic mass is 79.9. The van der Waals surface area contributed by atoms with Crippen molar-refractivity contribution in [3.05, 3.63) is 109 Å². The van der Waals surface area contributed by atoms with Crippen molar-refractivity contribution in [1.82, 2.24) is 14.8 Å². The number of nitrogens with one attached hydrogen (secondary N) is 1. The van der Waals surface area contributed by atoms with Gasteiger partial charge in [-0.25, -0.2) is 0 Å². The molecule has 1 saturated heterocycles. The largest absolute Gasteiger partial charge is 0.336 e. The van der Waals surface area contributed by atoms with Crippen molar-refractivity contribution >= 4 is 45.4 Å². The summed E-state index contributed by atoms with van der Waals surface area (Å²) in [5.41, 5.74) is 2.21. The first-order valence-corrected chi connectivity index (χ1v) is 12.6. The number of aromatic nitrogens is 1. The van der Waals surface area contributed by atoms with Gasteiger partial charge in [0.15, 0.2) is 0 Å². The zero-order chi connectivity index (χ0) is 24.5. The number of benzene rings is 2. The van der Waals surface area contributed by atoms with Crippen molar-refractivity contribution in [2.75, 3.05) is 13.1 Å². The second-order valence-electron chi connectivity index (χ2n) is 8.96. The highest BCUT2D eigenvalue weighted by Gasteiger charge is 2.37. The summed E-state index contributed by atoms with van der Waals surface area (Å²) >= 11 is 9.69. The van der Waals surface area contributed by atoms with Crippen LogP contribution >= 0.6 is 27.5 Å². The second-order valence-corrected chi connectivity index (χ2v) is 10.3. The number of likely N-dealkylation sites (tertiary alicyclic amines) is 1. The molecule has 3 heterocycles. The average Bonchev–Trinajstić information content (AvgIpc) is 2.84. The van der Waals surface area contributed by atoms with Gasteiger partial charge in [0, 0.05) is 41.8 Å². The number of piperidine rings is 1. The molecular formula is C27H23BrClN3O3. The van der Waals surface area contributed by atoms with Crippen LogP contribution in [0.3, 0.4) is 0 Å². The lowest BCUT2D eigenvalue weighted by Gasteiger charge is -2.43. The van der Waals surface area contributed by atoms with Gasteiger partial charge in [-0.1, -0.05) is 57.9 Å². The lowest BCUT2D eigenvalue weighted by molar-refractivity contribution is -0.130. The molecule has 2 bridgehead atoms. The molecule has 35 heavy (non-hydrogen) atoms. The van der Waals surface area contributed by atoms with Gasteiger partial charge in [0.25, 0.3) is 17.4 Å². The molecule has 0 spiro atoms. The summed E-state index contributed by atoms with van der Waals surface area (Å²) in [4.78, 5) is 41.0. The number of fused-ring (bicyclic) bond motifs is 4. The van der Waals surface area contributed by atoms with Crippen LogP contribution in [0, 0.1) is 5.92 Å². The molecule has 2 aliphatic heterocycles.